The van der Waals surface area contributed by atoms with Gasteiger partial charge in [-0.2, -0.15) is 0 Å². The van der Waals surface area contributed by atoms with Crippen LogP contribution in [0.2, 0.25) is 0 Å². The molecule has 2 aliphatic rings. The summed E-state index contributed by atoms with van der Waals surface area (Å²) in [7, 11) is 0. The molecule has 2 heterocycles. The lowest BCUT2D eigenvalue weighted by Crippen LogP contribution is -2.37. The Kier molecular flexibility index (Phi) is 3.12. The lowest BCUT2D eigenvalue weighted by atomic mass is 10.0. The number of nitrogens with zero attached hydrogens (tertiary/aromatic N) is 1. The Morgan fingerprint density at radius 1 is 1.40 bits per heavy atom. The van der Waals surface area contributed by atoms with E-state index in [1.807, 2.05) is 25.1 Å². The number of aliphatic carboxylic acids is 1. The van der Waals surface area contributed by atoms with E-state index in [2.05, 4.69) is 5.32 Å². The van der Waals surface area contributed by atoms with Crippen molar-refractivity contribution in [2.75, 3.05) is 18.4 Å². The smallest absolute Gasteiger partial charge is 0.308 e. The van der Waals surface area contributed by atoms with Crippen LogP contribution in [0.5, 0.6) is 0 Å². The summed E-state index contributed by atoms with van der Waals surface area (Å²) in [5.74, 6) is -1.32. The zero-order chi connectivity index (χ0) is 14.3. The molecule has 1 aromatic rings. The van der Waals surface area contributed by atoms with Gasteiger partial charge in [0.1, 0.15) is 0 Å². The van der Waals surface area contributed by atoms with Crippen LogP contribution in [0.4, 0.5) is 5.69 Å². The second-order valence-corrected chi connectivity index (χ2v) is 5.52. The summed E-state index contributed by atoms with van der Waals surface area (Å²) in [6.07, 6.45) is 1.47. The van der Waals surface area contributed by atoms with Crippen LogP contribution in [0, 0.1) is 5.92 Å². The largest absolute Gasteiger partial charge is 0.481 e. The van der Waals surface area contributed by atoms with Crippen LogP contribution < -0.4 is 5.32 Å². The van der Waals surface area contributed by atoms with Crippen molar-refractivity contribution in [1.82, 2.24) is 4.90 Å². The summed E-state index contributed by atoms with van der Waals surface area (Å²) in [6, 6.07) is 5.44. The van der Waals surface area contributed by atoms with Gasteiger partial charge in [0.2, 0.25) is 0 Å². The van der Waals surface area contributed by atoms with Gasteiger partial charge in [-0.1, -0.05) is 0 Å². The average molecular weight is 274 g/mol. The van der Waals surface area contributed by atoms with E-state index >= 15 is 0 Å². The zero-order valence-electron chi connectivity index (χ0n) is 11.4. The van der Waals surface area contributed by atoms with E-state index in [1.54, 1.807) is 4.90 Å². The van der Waals surface area contributed by atoms with Crippen molar-refractivity contribution >= 4 is 17.6 Å². The molecule has 0 radical (unpaired) electrons. The second kappa shape index (κ2) is 4.81. The van der Waals surface area contributed by atoms with E-state index < -0.39 is 11.9 Å². The quantitative estimate of drug-likeness (QED) is 0.859. The minimum Gasteiger partial charge on any atom is -0.481 e. The van der Waals surface area contributed by atoms with Crippen molar-refractivity contribution in [3.8, 4) is 0 Å². The number of anilines is 1. The Morgan fingerprint density at radius 3 is 2.90 bits per heavy atom. The maximum Gasteiger partial charge on any atom is 0.308 e. The van der Waals surface area contributed by atoms with Gasteiger partial charge < -0.3 is 15.3 Å². The highest BCUT2D eigenvalue weighted by atomic mass is 16.4. The molecule has 2 atom stereocenters. The molecule has 106 valence electrons. The van der Waals surface area contributed by atoms with E-state index in [-0.39, 0.29) is 11.9 Å². The molecule has 5 heteroatoms. The van der Waals surface area contributed by atoms with E-state index in [4.69, 9.17) is 5.11 Å². The van der Waals surface area contributed by atoms with Crippen molar-refractivity contribution < 1.29 is 14.7 Å². The number of fused-ring (bicyclic) bond motifs is 1. The molecular weight excluding hydrogens is 256 g/mol. The molecule has 3 rings (SSSR count). The maximum absolute atomic E-state index is 12.5. The van der Waals surface area contributed by atoms with Crippen molar-refractivity contribution in [1.29, 1.82) is 0 Å². The fourth-order valence-electron chi connectivity index (χ4n) is 3.16. The van der Waals surface area contributed by atoms with Gasteiger partial charge in [-0.25, -0.2) is 0 Å². The molecule has 0 saturated carbocycles. The van der Waals surface area contributed by atoms with Crippen LogP contribution in [0.15, 0.2) is 18.2 Å². The van der Waals surface area contributed by atoms with Crippen LogP contribution >= 0.6 is 0 Å². The predicted molar refractivity (Wildman–Crippen MR) is 74.9 cm³/mol. The molecular formula is C15H18N2O3. The van der Waals surface area contributed by atoms with Crippen LogP contribution in [-0.4, -0.2) is 41.0 Å². The van der Waals surface area contributed by atoms with Gasteiger partial charge >= 0.3 is 5.97 Å². The number of carbonyl (C=O) groups is 2. The molecule has 0 aliphatic carbocycles. The third kappa shape index (κ3) is 2.03. The molecule has 1 aromatic carbocycles. The summed E-state index contributed by atoms with van der Waals surface area (Å²) in [6.45, 7) is 3.25. The van der Waals surface area contributed by atoms with E-state index in [9.17, 15) is 9.59 Å². The Hall–Kier alpha value is -2.04. The SMILES string of the molecule is CC1C(C(=O)O)CCN1C(=O)c1ccc2c(c1)CCN2. The third-order valence-corrected chi connectivity index (χ3v) is 4.39. The minimum absolute atomic E-state index is 0.0593. The maximum atomic E-state index is 12.5. The van der Waals surface area contributed by atoms with E-state index in [1.165, 1.54) is 0 Å². The van der Waals surface area contributed by atoms with Gasteiger partial charge in [-0.15, -0.1) is 0 Å². The first-order chi connectivity index (χ1) is 9.58. The van der Waals surface area contributed by atoms with Gasteiger partial charge in [-0.3, -0.25) is 9.59 Å². The number of carboxylic acid groups (broad SMARTS) is 1. The third-order valence-electron chi connectivity index (χ3n) is 4.39. The Morgan fingerprint density at radius 2 is 2.20 bits per heavy atom. The van der Waals surface area contributed by atoms with Crippen LogP contribution in [0.3, 0.4) is 0 Å². The molecule has 0 bridgehead atoms. The molecule has 0 aromatic heterocycles. The molecule has 5 nitrogen and oxygen atoms in total. The molecule has 1 fully saturated rings. The fourth-order valence-corrected chi connectivity index (χ4v) is 3.16. The first-order valence-electron chi connectivity index (χ1n) is 6.98. The standard InChI is InChI=1S/C15H18N2O3/c1-9-12(15(19)20)5-7-17(9)14(18)11-2-3-13-10(8-11)4-6-16-13/h2-3,8-9,12,16H,4-7H2,1H3,(H,19,20). The first-order valence-corrected chi connectivity index (χ1v) is 6.98. The molecule has 0 spiro atoms. The van der Waals surface area contributed by atoms with Crippen molar-refractivity contribution in [2.45, 2.75) is 25.8 Å². The highest BCUT2D eigenvalue weighted by Crippen LogP contribution is 2.28. The summed E-state index contributed by atoms with van der Waals surface area (Å²) < 4.78 is 0. The van der Waals surface area contributed by atoms with Gasteiger partial charge in [0.15, 0.2) is 0 Å². The van der Waals surface area contributed by atoms with Crippen molar-refractivity contribution in [2.24, 2.45) is 5.92 Å². The highest BCUT2D eigenvalue weighted by molar-refractivity contribution is 5.96. The monoisotopic (exact) mass is 274 g/mol. The summed E-state index contributed by atoms with van der Waals surface area (Å²) in [5, 5.41) is 12.4. The van der Waals surface area contributed by atoms with E-state index in [0.717, 1.165) is 24.2 Å². The number of hydrogen-bond donors (Lipinski definition) is 2. The molecule has 20 heavy (non-hydrogen) atoms. The van der Waals surface area contributed by atoms with Crippen LogP contribution in [0.1, 0.15) is 29.3 Å². The Bertz CT molecular complexity index is 570. The van der Waals surface area contributed by atoms with Gasteiger partial charge in [0.25, 0.3) is 5.91 Å². The number of nitrogens with one attached hydrogen (secondary N) is 1. The van der Waals surface area contributed by atoms with Gasteiger partial charge in [0.05, 0.1) is 5.92 Å². The van der Waals surface area contributed by atoms with Crippen LogP contribution in [-0.2, 0) is 11.2 Å². The second-order valence-electron chi connectivity index (χ2n) is 5.52. The number of hydrogen-bond acceptors (Lipinski definition) is 3. The number of carbonyl (C=O) groups excluding carboxylic acids is 1. The number of likely N-dealkylation sites (tertiary alicyclic amines) is 1. The van der Waals surface area contributed by atoms with Gasteiger partial charge in [-0.05, 0) is 43.5 Å². The Balaban J connectivity index is 1.81. The number of amides is 1. The summed E-state index contributed by atoms with van der Waals surface area (Å²) in [4.78, 5) is 25.3. The normalized spacial score (nSPS) is 24.4. The highest BCUT2D eigenvalue weighted by Gasteiger charge is 2.38. The zero-order valence-corrected chi connectivity index (χ0v) is 11.4. The van der Waals surface area contributed by atoms with Crippen molar-refractivity contribution in [3.63, 3.8) is 0 Å². The molecule has 1 saturated heterocycles. The molecule has 2 aliphatic heterocycles. The van der Waals surface area contributed by atoms with E-state index in [0.29, 0.717) is 18.5 Å². The minimum atomic E-state index is -0.814. The topological polar surface area (TPSA) is 69.6 Å². The summed E-state index contributed by atoms with van der Waals surface area (Å²) in [5.41, 5.74) is 2.92. The number of rotatable bonds is 2. The van der Waals surface area contributed by atoms with Gasteiger partial charge in [0, 0.05) is 30.4 Å². The molecule has 2 unspecified atom stereocenters. The Labute approximate surface area is 117 Å². The molecule has 1 amide bonds. The number of benzene rings is 1. The molecule has 2 N–H and O–H groups in total. The fraction of sp³-hybridized carbons (Fsp3) is 0.467. The average Bonchev–Trinajstić information content (AvgIpc) is 3.03. The van der Waals surface area contributed by atoms with Crippen molar-refractivity contribution in [3.05, 3.63) is 29.3 Å². The van der Waals surface area contributed by atoms with Crippen LogP contribution in [0.25, 0.3) is 0 Å². The lowest BCUT2D eigenvalue weighted by molar-refractivity contribution is -0.142. The predicted octanol–water partition coefficient (Wildman–Crippen LogP) is 1.59. The lowest BCUT2D eigenvalue weighted by Gasteiger charge is -2.23. The number of carboxylic acids is 1. The first kappa shape index (κ1) is 13.0. The summed E-state index contributed by atoms with van der Waals surface area (Å²) >= 11 is 0.